The number of rotatable bonds is 3. The molecule has 0 unspecified atom stereocenters. The van der Waals surface area contributed by atoms with Crippen molar-refractivity contribution in [3.63, 3.8) is 0 Å². The zero-order valence-electron chi connectivity index (χ0n) is 24.8. The molecule has 0 bridgehead atoms. The maximum Gasteiger partial charge on any atom is 0.235 e. The van der Waals surface area contributed by atoms with Gasteiger partial charge in [-0.15, -0.1) is 0 Å². The minimum Gasteiger partial charge on any atom is -0.309 e. The molecule has 0 radical (unpaired) electrons. The standard InChI is InChI=1S/C42H26N4/c1-3-15-27(16-4-1)39-31-21-9-12-24-34(31)43-42(44-39)46-36-26-14-11-23-33(36)38-40(46)30-20-8-7-19-29(30)37-32-22-10-13-25-35(32)45(41(37)38)28-17-5-2-6-18-28/h1-26H. The summed E-state index contributed by atoms with van der Waals surface area (Å²) >= 11 is 0. The van der Waals surface area contributed by atoms with E-state index in [9.17, 15) is 0 Å². The van der Waals surface area contributed by atoms with Crippen molar-refractivity contribution in [3.8, 4) is 22.9 Å². The number of nitrogens with zero attached hydrogens (tertiary/aromatic N) is 4. The molecule has 10 rings (SSSR count). The van der Waals surface area contributed by atoms with Crippen LogP contribution in [0.1, 0.15) is 0 Å². The molecule has 0 spiro atoms. The smallest absolute Gasteiger partial charge is 0.235 e. The average Bonchev–Trinajstić information content (AvgIpc) is 3.66. The normalized spacial score (nSPS) is 11.9. The molecular weight excluding hydrogens is 560 g/mol. The Morgan fingerprint density at radius 1 is 0.370 bits per heavy atom. The fraction of sp³-hybridized carbons (Fsp3) is 0. The van der Waals surface area contributed by atoms with Gasteiger partial charge in [0, 0.05) is 43.6 Å². The summed E-state index contributed by atoms with van der Waals surface area (Å²) in [6.45, 7) is 0. The van der Waals surface area contributed by atoms with Gasteiger partial charge in [0.05, 0.1) is 33.3 Å². The molecule has 0 saturated heterocycles. The Balaban J connectivity index is 1.47. The first kappa shape index (κ1) is 25.1. The fourth-order valence-corrected chi connectivity index (χ4v) is 7.42. The van der Waals surface area contributed by atoms with E-state index in [0.29, 0.717) is 5.95 Å². The van der Waals surface area contributed by atoms with Gasteiger partial charge >= 0.3 is 0 Å². The maximum atomic E-state index is 5.37. The van der Waals surface area contributed by atoms with Gasteiger partial charge in [0.15, 0.2) is 0 Å². The molecule has 0 amide bonds. The lowest BCUT2D eigenvalue weighted by atomic mass is 9.99. The summed E-state index contributed by atoms with van der Waals surface area (Å²) in [6, 6.07) is 55.7. The Kier molecular flexibility index (Phi) is 5.25. The van der Waals surface area contributed by atoms with Gasteiger partial charge < -0.3 is 4.57 Å². The molecule has 0 fully saturated rings. The molecule has 3 heterocycles. The second-order valence-corrected chi connectivity index (χ2v) is 11.8. The van der Waals surface area contributed by atoms with Gasteiger partial charge in [0.2, 0.25) is 5.95 Å². The van der Waals surface area contributed by atoms with Crippen LogP contribution in [0.3, 0.4) is 0 Å². The molecule has 0 N–H and O–H groups in total. The van der Waals surface area contributed by atoms with Crippen LogP contribution in [0.5, 0.6) is 0 Å². The summed E-state index contributed by atoms with van der Waals surface area (Å²) in [5.74, 6) is 0.663. The second-order valence-electron chi connectivity index (χ2n) is 11.8. The molecule has 0 aliphatic carbocycles. The predicted molar refractivity (Wildman–Crippen MR) is 191 cm³/mol. The first-order valence-corrected chi connectivity index (χ1v) is 15.6. The summed E-state index contributed by atoms with van der Waals surface area (Å²) < 4.78 is 4.73. The van der Waals surface area contributed by atoms with Crippen LogP contribution in [0.4, 0.5) is 0 Å². The van der Waals surface area contributed by atoms with Crippen LogP contribution in [0.25, 0.3) is 88.2 Å². The van der Waals surface area contributed by atoms with E-state index in [0.717, 1.165) is 38.9 Å². The summed E-state index contributed by atoms with van der Waals surface area (Å²) in [6.07, 6.45) is 0. The Bertz CT molecular complexity index is 2790. The lowest BCUT2D eigenvalue weighted by Crippen LogP contribution is -2.04. The molecule has 214 valence electrons. The van der Waals surface area contributed by atoms with E-state index in [1.165, 1.54) is 43.4 Å². The molecule has 7 aromatic carbocycles. The summed E-state index contributed by atoms with van der Waals surface area (Å²) in [5, 5.41) is 8.29. The number of para-hydroxylation sites is 4. The van der Waals surface area contributed by atoms with E-state index in [4.69, 9.17) is 9.97 Å². The van der Waals surface area contributed by atoms with Crippen molar-refractivity contribution < 1.29 is 0 Å². The number of hydrogen-bond acceptors (Lipinski definition) is 2. The molecule has 4 heteroatoms. The van der Waals surface area contributed by atoms with Gasteiger partial charge in [-0.2, -0.15) is 0 Å². The Hall–Kier alpha value is -6.26. The van der Waals surface area contributed by atoms with Gasteiger partial charge in [0.25, 0.3) is 0 Å². The van der Waals surface area contributed by atoms with Crippen molar-refractivity contribution in [2.24, 2.45) is 0 Å². The fourth-order valence-electron chi connectivity index (χ4n) is 7.42. The summed E-state index contributed by atoms with van der Waals surface area (Å²) in [7, 11) is 0. The van der Waals surface area contributed by atoms with Crippen molar-refractivity contribution in [2.75, 3.05) is 0 Å². The van der Waals surface area contributed by atoms with E-state index in [2.05, 4.69) is 161 Å². The largest absolute Gasteiger partial charge is 0.309 e. The van der Waals surface area contributed by atoms with Crippen molar-refractivity contribution in [3.05, 3.63) is 158 Å². The molecule has 10 aromatic rings. The van der Waals surface area contributed by atoms with E-state index in [1.54, 1.807) is 0 Å². The van der Waals surface area contributed by atoms with Crippen LogP contribution in [0.2, 0.25) is 0 Å². The van der Waals surface area contributed by atoms with E-state index < -0.39 is 0 Å². The molecular formula is C42H26N4. The van der Waals surface area contributed by atoms with Crippen LogP contribution in [0.15, 0.2) is 158 Å². The van der Waals surface area contributed by atoms with Crippen molar-refractivity contribution in [1.82, 2.24) is 19.1 Å². The molecule has 46 heavy (non-hydrogen) atoms. The Morgan fingerprint density at radius 3 is 1.65 bits per heavy atom. The SMILES string of the molecule is c1ccc(-c2nc(-n3c4ccccc4c4c3c3ccccc3c3c5ccccc5n(-c5ccccc5)c34)nc3ccccc23)cc1. The van der Waals surface area contributed by atoms with Crippen LogP contribution < -0.4 is 0 Å². The van der Waals surface area contributed by atoms with Gasteiger partial charge in [0.1, 0.15) is 0 Å². The molecule has 0 saturated carbocycles. The minimum atomic E-state index is 0.663. The van der Waals surface area contributed by atoms with E-state index >= 15 is 0 Å². The Labute approximate surface area is 264 Å². The highest BCUT2D eigenvalue weighted by atomic mass is 15.2. The van der Waals surface area contributed by atoms with E-state index in [1.807, 2.05) is 6.07 Å². The second kappa shape index (κ2) is 9.62. The van der Waals surface area contributed by atoms with Crippen LogP contribution >= 0.6 is 0 Å². The molecule has 4 nitrogen and oxygen atoms in total. The minimum absolute atomic E-state index is 0.663. The first-order chi connectivity index (χ1) is 22.9. The van der Waals surface area contributed by atoms with Gasteiger partial charge in [-0.3, -0.25) is 4.57 Å². The number of hydrogen-bond donors (Lipinski definition) is 0. The van der Waals surface area contributed by atoms with E-state index in [-0.39, 0.29) is 0 Å². The lowest BCUT2D eigenvalue weighted by molar-refractivity contribution is 1.02. The third-order valence-corrected chi connectivity index (χ3v) is 9.29. The summed E-state index contributed by atoms with van der Waals surface area (Å²) in [5.41, 5.74) is 8.62. The van der Waals surface area contributed by atoms with Crippen molar-refractivity contribution in [1.29, 1.82) is 0 Å². The van der Waals surface area contributed by atoms with Crippen LogP contribution in [-0.4, -0.2) is 19.1 Å². The predicted octanol–water partition coefficient (Wildman–Crippen LogP) is 10.6. The monoisotopic (exact) mass is 586 g/mol. The quantitative estimate of drug-likeness (QED) is 0.206. The van der Waals surface area contributed by atoms with Crippen molar-refractivity contribution >= 4 is 65.3 Å². The maximum absolute atomic E-state index is 5.37. The van der Waals surface area contributed by atoms with Gasteiger partial charge in [-0.25, -0.2) is 9.97 Å². The number of aromatic nitrogens is 4. The molecule has 3 aromatic heterocycles. The summed E-state index contributed by atoms with van der Waals surface area (Å²) in [4.78, 5) is 10.6. The van der Waals surface area contributed by atoms with Crippen LogP contribution in [-0.2, 0) is 0 Å². The topological polar surface area (TPSA) is 35.6 Å². The third kappa shape index (κ3) is 3.44. The van der Waals surface area contributed by atoms with Gasteiger partial charge in [-0.1, -0.05) is 127 Å². The zero-order chi connectivity index (χ0) is 30.2. The zero-order valence-corrected chi connectivity index (χ0v) is 24.8. The molecule has 0 aliphatic rings. The van der Waals surface area contributed by atoms with Crippen molar-refractivity contribution in [2.45, 2.75) is 0 Å². The molecule has 0 aliphatic heterocycles. The highest BCUT2D eigenvalue weighted by Crippen LogP contribution is 2.46. The van der Waals surface area contributed by atoms with Crippen LogP contribution in [0, 0.1) is 0 Å². The van der Waals surface area contributed by atoms with Gasteiger partial charge in [-0.05, 0) is 35.7 Å². The highest BCUT2D eigenvalue weighted by Gasteiger charge is 2.25. The lowest BCUT2D eigenvalue weighted by Gasteiger charge is -2.14. The highest BCUT2D eigenvalue weighted by molar-refractivity contribution is 6.36. The Morgan fingerprint density at radius 2 is 0.913 bits per heavy atom. The number of benzene rings is 7. The average molecular weight is 587 g/mol. The molecule has 0 atom stereocenters. The third-order valence-electron chi connectivity index (χ3n) is 9.29. The first-order valence-electron chi connectivity index (χ1n) is 15.6. The number of fused-ring (bicyclic) bond motifs is 11.